The Kier molecular flexibility index (Phi) is 4.69. The highest BCUT2D eigenvalue weighted by atomic mass is 16.5. The molecule has 0 bridgehead atoms. The van der Waals surface area contributed by atoms with Crippen molar-refractivity contribution in [1.82, 2.24) is 9.97 Å². The molecule has 5 nitrogen and oxygen atoms in total. The number of aliphatic hydroxyl groups is 1. The summed E-state index contributed by atoms with van der Waals surface area (Å²) in [6, 6.07) is 11.5. The van der Waals surface area contributed by atoms with Crippen LogP contribution in [0.1, 0.15) is 5.56 Å². The maximum atomic E-state index is 9.43. The van der Waals surface area contributed by atoms with Crippen LogP contribution in [-0.4, -0.2) is 34.8 Å². The van der Waals surface area contributed by atoms with Crippen molar-refractivity contribution in [3.8, 4) is 5.88 Å². The first kappa shape index (κ1) is 13.3. The van der Waals surface area contributed by atoms with E-state index in [-0.39, 0.29) is 12.6 Å². The van der Waals surface area contributed by atoms with E-state index in [0.29, 0.717) is 18.2 Å². The molecular weight excluding hydrogens is 242 g/mol. The van der Waals surface area contributed by atoms with E-state index in [1.54, 1.807) is 19.4 Å². The Morgan fingerprint density at radius 2 is 2.05 bits per heavy atom. The number of aromatic nitrogens is 2. The minimum Gasteiger partial charge on any atom is -0.481 e. The molecule has 0 saturated heterocycles. The second-order valence-electron chi connectivity index (χ2n) is 4.14. The number of anilines is 1. The fraction of sp³-hybridized carbons (Fsp3) is 0.286. The normalized spacial score (nSPS) is 11.9. The summed E-state index contributed by atoms with van der Waals surface area (Å²) in [5, 5.41) is 12.5. The summed E-state index contributed by atoms with van der Waals surface area (Å²) in [5.74, 6) is 0.947. The molecule has 2 rings (SSSR count). The zero-order chi connectivity index (χ0) is 13.5. The standard InChI is InChI=1S/C14H17N3O2/c1-19-13-7-8-15-14(17-13)16-12(10-18)9-11-5-3-2-4-6-11/h2-8,12,18H,9-10H2,1H3,(H,15,16,17). The van der Waals surface area contributed by atoms with Crippen LogP contribution in [0.2, 0.25) is 0 Å². The van der Waals surface area contributed by atoms with Gasteiger partial charge in [-0.2, -0.15) is 4.98 Å². The summed E-state index contributed by atoms with van der Waals surface area (Å²) in [5.41, 5.74) is 1.15. The quantitative estimate of drug-likeness (QED) is 0.823. The lowest BCUT2D eigenvalue weighted by molar-refractivity contribution is 0.273. The van der Waals surface area contributed by atoms with Crippen molar-refractivity contribution in [2.75, 3.05) is 19.0 Å². The van der Waals surface area contributed by atoms with E-state index in [4.69, 9.17) is 4.74 Å². The lowest BCUT2D eigenvalue weighted by Crippen LogP contribution is -2.27. The number of aliphatic hydroxyl groups excluding tert-OH is 1. The lowest BCUT2D eigenvalue weighted by atomic mass is 10.1. The maximum absolute atomic E-state index is 9.43. The molecule has 0 saturated carbocycles. The Hall–Kier alpha value is -2.14. The zero-order valence-electron chi connectivity index (χ0n) is 10.8. The zero-order valence-corrected chi connectivity index (χ0v) is 10.8. The number of ether oxygens (including phenoxy) is 1. The van der Waals surface area contributed by atoms with Gasteiger partial charge in [-0.1, -0.05) is 30.3 Å². The number of nitrogens with zero attached hydrogens (tertiary/aromatic N) is 2. The van der Waals surface area contributed by atoms with Gasteiger partial charge in [0.05, 0.1) is 19.8 Å². The first-order chi connectivity index (χ1) is 9.31. The maximum Gasteiger partial charge on any atom is 0.226 e. The van der Waals surface area contributed by atoms with Gasteiger partial charge in [0.25, 0.3) is 0 Å². The average molecular weight is 259 g/mol. The van der Waals surface area contributed by atoms with Gasteiger partial charge in [-0.15, -0.1) is 0 Å². The smallest absolute Gasteiger partial charge is 0.226 e. The van der Waals surface area contributed by atoms with Gasteiger partial charge < -0.3 is 15.2 Å². The van der Waals surface area contributed by atoms with Crippen LogP contribution in [0.15, 0.2) is 42.6 Å². The highest BCUT2D eigenvalue weighted by Crippen LogP contribution is 2.10. The van der Waals surface area contributed by atoms with Crippen molar-refractivity contribution >= 4 is 5.95 Å². The van der Waals surface area contributed by atoms with Crippen LogP contribution >= 0.6 is 0 Å². The molecular formula is C14H17N3O2. The molecule has 2 aromatic rings. The SMILES string of the molecule is COc1ccnc(NC(CO)Cc2ccccc2)n1. The number of nitrogens with one attached hydrogen (secondary N) is 1. The van der Waals surface area contributed by atoms with E-state index < -0.39 is 0 Å². The van der Waals surface area contributed by atoms with E-state index in [9.17, 15) is 5.11 Å². The Labute approximate surface area is 112 Å². The Morgan fingerprint density at radius 1 is 1.26 bits per heavy atom. The van der Waals surface area contributed by atoms with Gasteiger partial charge in [0.1, 0.15) is 0 Å². The molecule has 1 unspecified atom stereocenters. The monoisotopic (exact) mass is 259 g/mol. The van der Waals surface area contributed by atoms with Gasteiger partial charge in [0.2, 0.25) is 11.8 Å². The summed E-state index contributed by atoms with van der Waals surface area (Å²) >= 11 is 0. The predicted octanol–water partition coefficient (Wildman–Crippen LogP) is 1.50. The topological polar surface area (TPSA) is 67.3 Å². The van der Waals surface area contributed by atoms with Crippen molar-refractivity contribution in [3.63, 3.8) is 0 Å². The van der Waals surface area contributed by atoms with E-state index in [1.165, 1.54) is 0 Å². The second kappa shape index (κ2) is 6.70. The summed E-state index contributed by atoms with van der Waals surface area (Å²) < 4.78 is 5.03. The van der Waals surface area contributed by atoms with Gasteiger partial charge in [-0.05, 0) is 12.0 Å². The van der Waals surface area contributed by atoms with Crippen LogP contribution in [0.5, 0.6) is 5.88 Å². The highest BCUT2D eigenvalue weighted by Gasteiger charge is 2.10. The number of hydrogen-bond acceptors (Lipinski definition) is 5. The van der Waals surface area contributed by atoms with Crippen molar-refractivity contribution in [2.45, 2.75) is 12.5 Å². The molecule has 100 valence electrons. The largest absolute Gasteiger partial charge is 0.481 e. The van der Waals surface area contributed by atoms with Crippen LogP contribution in [0, 0.1) is 0 Å². The number of methoxy groups -OCH3 is 1. The molecule has 5 heteroatoms. The Balaban J connectivity index is 2.02. The molecule has 0 fully saturated rings. The molecule has 0 aliphatic carbocycles. The first-order valence-corrected chi connectivity index (χ1v) is 6.10. The third-order valence-electron chi connectivity index (χ3n) is 2.72. The van der Waals surface area contributed by atoms with Gasteiger partial charge in [-0.3, -0.25) is 0 Å². The van der Waals surface area contributed by atoms with Gasteiger partial charge >= 0.3 is 0 Å². The minimum absolute atomic E-state index is 0.00939. The third kappa shape index (κ3) is 3.93. The molecule has 1 aromatic heterocycles. The minimum atomic E-state index is -0.130. The van der Waals surface area contributed by atoms with Crippen molar-refractivity contribution in [2.24, 2.45) is 0 Å². The Morgan fingerprint density at radius 3 is 2.74 bits per heavy atom. The molecule has 1 heterocycles. The van der Waals surface area contributed by atoms with Crippen LogP contribution in [0.3, 0.4) is 0 Å². The molecule has 2 N–H and O–H groups in total. The highest BCUT2D eigenvalue weighted by molar-refractivity contribution is 5.30. The van der Waals surface area contributed by atoms with E-state index >= 15 is 0 Å². The first-order valence-electron chi connectivity index (χ1n) is 6.10. The number of rotatable bonds is 6. The van der Waals surface area contributed by atoms with E-state index in [1.807, 2.05) is 30.3 Å². The van der Waals surface area contributed by atoms with E-state index in [2.05, 4.69) is 15.3 Å². The van der Waals surface area contributed by atoms with Crippen LogP contribution < -0.4 is 10.1 Å². The molecule has 0 aliphatic heterocycles. The predicted molar refractivity (Wildman–Crippen MR) is 73.2 cm³/mol. The van der Waals surface area contributed by atoms with Crippen molar-refractivity contribution in [3.05, 3.63) is 48.2 Å². The summed E-state index contributed by atoms with van der Waals surface area (Å²) in [6.07, 6.45) is 2.32. The van der Waals surface area contributed by atoms with Crippen LogP contribution in [0.25, 0.3) is 0 Å². The van der Waals surface area contributed by atoms with Crippen molar-refractivity contribution < 1.29 is 9.84 Å². The van der Waals surface area contributed by atoms with Crippen LogP contribution in [-0.2, 0) is 6.42 Å². The number of hydrogen-bond donors (Lipinski definition) is 2. The van der Waals surface area contributed by atoms with Crippen molar-refractivity contribution in [1.29, 1.82) is 0 Å². The molecule has 0 aliphatic rings. The van der Waals surface area contributed by atoms with E-state index in [0.717, 1.165) is 5.56 Å². The fourth-order valence-electron chi connectivity index (χ4n) is 1.77. The van der Waals surface area contributed by atoms with Gasteiger partial charge in [0.15, 0.2) is 0 Å². The molecule has 1 aromatic carbocycles. The average Bonchev–Trinajstić information content (AvgIpc) is 2.48. The van der Waals surface area contributed by atoms with Gasteiger partial charge in [-0.25, -0.2) is 4.98 Å². The number of benzene rings is 1. The Bertz CT molecular complexity index is 505. The molecule has 1 atom stereocenters. The summed E-state index contributed by atoms with van der Waals surface area (Å²) in [6.45, 7) is 0.00939. The molecule has 0 spiro atoms. The van der Waals surface area contributed by atoms with Gasteiger partial charge in [0, 0.05) is 12.3 Å². The molecule has 0 radical (unpaired) electrons. The third-order valence-corrected chi connectivity index (χ3v) is 2.72. The second-order valence-corrected chi connectivity index (χ2v) is 4.14. The molecule has 0 amide bonds. The fourth-order valence-corrected chi connectivity index (χ4v) is 1.77. The van der Waals surface area contributed by atoms with Crippen LogP contribution in [0.4, 0.5) is 5.95 Å². The lowest BCUT2D eigenvalue weighted by Gasteiger charge is -2.16. The summed E-state index contributed by atoms with van der Waals surface area (Å²) in [7, 11) is 1.56. The summed E-state index contributed by atoms with van der Waals surface area (Å²) in [4.78, 5) is 8.27. The molecule has 19 heavy (non-hydrogen) atoms.